The Labute approximate surface area is 289 Å². The van der Waals surface area contributed by atoms with Crippen LogP contribution in [0.15, 0.2) is 48.5 Å². The number of amides is 2. The first-order valence-electron chi connectivity index (χ1n) is 17.3. The lowest BCUT2D eigenvalue weighted by molar-refractivity contribution is -0.114. The molecule has 0 bridgehead atoms. The zero-order valence-corrected chi connectivity index (χ0v) is 29.5. The van der Waals surface area contributed by atoms with Crippen LogP contribution in [0.3, 0.4) is 0 Å². The van der Waals surface area contributed by atoms with Crippen LogP contribution in [0, 0.1) is 11.8 Å². The van der Waals surface area contributed by atoms with Gasteiger partial charge in [-0.05, 0) is 102 Å². The topological polar surface area (TPSA) is 98.8 Å². The highest BCUT2D eigenvalue weighted by atomic mass is 16.6. The Bertz CT molecular complexity index is 1660. The standard InChI is InChI=1S/C39H49N3O7/c1-7-26-22-41-14-12-28-18-36(46-4)38(48-6)21-32(28)33(41)20-31(26)34-16-29-19-37(47-5)35(45-3)17-27(29)13-15-42(34)39(44)49-23-25-8-10-30(11-9-25)40-24(2)43/h8-11,17-19,21,26,31,33-34H,7,12-16,20,22-23H2,1-6H3,(H,40,43). The summed E-state index contributed by atoms with van der Waals surface area (Å²) in [4.78, 5) is 30.3. The molecule has 0 aliphatic carbocycles. The Hall–Kier alpha value is -4.44. The molecule has 2 amide bonds. The SMILES string of the molecule is CCC1CN2CCc3cc(OC)c(OC)cc3C2CC1C1Cc2cc(OC)c(OC)cc2CCN1C(=O)OCc1ccc(NC(C)=O)cc1. The fourth-order valence-corrected chi connectivity index (χ4v) is 8.22. The van der Waals surface area contributed by atoms with E-state index in [1.54, 1.807) is 28.4 Å². The van der Waals surface area contributed by atoms with Gasteiger partial charge in [0.2, 0.25) is 5.91 Å². The number of ether oxygens (including phenoxy) is 5. The minimum absolute atomic E-state index is 0.0772. The molecular weight excluding hydrogens is 622 g/mol. The number of hydrogen-bond donors (Lipinski definition) is 1. The predicted octanol–water partition coefficient (Wildman–Crippen LogP) is 6.43. The quantitative estimate of drug-likeness (QED) is 0.278. The summed E-state index contributed by atoms with van der Waals surface area (Å²) in [5.41, 5.74) is 6.50. The van der Waals surface area contributed by atoms with Crippen LogP contribution in [-0.2, 0) is 35.4 Å². The van der Waals surface area contributed by atoms with Crippen molar-refractivity contribution in [1.82, 2.24) is 9.80 Å². The van der Waals surface area contributed by atoms with Gasteiger partial charge >= 0.3 is 6.09 Å². The zero-order valence-electron chi connectivity index (χ0n) is 29.5. The number of fused-ring (bicyclic) bond motifs is 4. The number of nitrogens with one attached hydrogen (secondary N) is 1. The van der Waals surface area contributed by atoms with Gasteiger partial charge in [0.25, 0.3) is 0 Å². The van der Waals surface area contributed by atoms with E-state index < -0.39 is 0 Å². The monoisotopic (exact) mass is 671 g/mol. The second-order valence-corrected chi connectivity index (χ2v) is 13.4. The highest BCUT2D eigenvalue weighted by Gasteiger charge is 2.45. The molecule has 262 valence electrons. The fraction of sp³-hybridized carbons (Fsp3) is 0.487. The van der Waals surface area contributed by atoms with E-state index in [1.165, 1.54) is 23.6 Å². The maximum atomic E-state index is 14.2. The normalized spacial score (nSPS) is 21.7. The Kier molecular flexibility index (Phi) is 10.5. The van der Waals surface area contributed by atoms with E-state index in [0.29, 0.717) is 42.5 Å². The van der Waals surface area contributed by atoms with E-state index in [-0.39, 0.29) is 36.6 Å². The van der Waals surface area contributed by atoms with Gasteiger partial charge in [0.1, 0.15) is 6.61 Å². The maximum Gasteiger partial charge on any atom is 0.410 e. The Morgan fingerprint density at radius 3 is 2.06 bits per heavy atom. The lowest BCUT2D eigenvalue weighted by Crippen LogP contribution is -2.54. The van der Waals surface area contributed by atoms with Crippen molar-refractivity contribution < 1.29 is 33.3 Å². The average molecular weight is 672 g/mol. The lowest BCUT2D eigenvalue weighted by Gasteiger charge is -2.50. The number of anilines is 1. The number of methoxy groups -OCH3 is 4. The molecule has 0 spiro atoms. The summed E-state index contributed by atoms with van der Waals surface area (Å²) >= 11 is 0. The van der Waals surface area contributed by atoms with Crippen molar-refractivity contribution >= 4 is 17.7 Å². The number of piperidine rings is 1. The summed E-state index contributed by atoms with van der Waals surface area (Å²) in [6.45, 7) is 6.40. The first-order valence-corrected chi connectivity index (χ1v) is 17.3. The summed E-state index contributed by atoms with van der Waals surface area (Å²) in [6.07, 6.45) is 3.98. The largest absolute Gasteiger partial charge is 0.493 e. The molecule has 0 radical (unpaired) electrons. The van der Waals surface area contributed by atoms with E-state index in [9.17, 15) is 9.59 Å². The van der Waals surface area contributed by atoms with Crippen molar-refractivity contribution in [2.75, 3.05) is 53.4 Å². The summed E-state index contributed by atoms with van der Waals surface area (Å²) < 4.78 is 28.8. The van der Waals surface area contributed by atoms with Crippen LogP contribution in [-0.4, -0.2) is 75.9 Å². The third-order valence-electron chi connectivity index (χ3n) is 10.7. The molecule has 3 heterocycles. The van der Waals surface area contributed by atoms with Crippen LogP contribution in [0.5, 0.6) is 23.0 Å². The van der Waals surface area contributed by atoms with Crippen molar-refractivity contribution in [3.63, 3.8) is 0 Å². The molecule has 3 aliphatic heterocycles. The molecule has 3 aliphatic rings. The van der Waals surface area contributed by atoms with Gasteiger partial charge in [0, 0.05) is 44.3 Å². The molecule has 0 aromatic heterocycles. The van der Waals surface area contributed by atoms with Gasteiger partial charge in [0.15, 0.2) is 23.0 Å². The molecule has 0 saturated carbocycles. The molecule has 1 fully saturated rings. The molecule has 10 heteroatoms. The van der Waals surface area contributed by atoms with Crippen molar-refractivity contribution in [2.45, 2.75) is 64.6 Å². The number of carbonyl (C=O) groups is 2. The van der Waals surface area contributed by atoms with E-state index >= 15 is 0 Å². The highest BCUT2D eigenvalue weighted by molar-refractivity contribution is 5.88. The Balaban J connectivity index is 1.33. The van der Waals surface area contributed by atoms with Crippen LogP contribution < -0.4 is 24.3 Å². The van der Waals surface area contributed by atoms with Gasteiger partial charge in [-0.3, -0.25) is 9.69 Å². The molecule has 49 heavy (non-hydrogen) atoms. The van der Waals surface area contributed by atoms with Crippen molar-refractivity contribution in [1.29, 1.82) is 0 Å². The molecule has 3 aromatic carbocycles. The minimum atomic E-state index is -0.310. The van der Waals surface area contributed by atoms with E-state index in [4.69, 9.17) is 23.7 Å². The van der Waals surface area contributed by atoms with Crippen molar-refractivity contribution in [3.05, 3.63) is 76.3 Å². The lowest BCUT2D eigenvalue weighted by atomic mass is 9.71. The molecule has 6 rings (SSSR count). The Morgan fingerprint density at radius 2 is 1.43 bits per heavy atom. The molecule has 4 atom stereocenters. The smallest absolute Gasteiger partial charge is 0.410 e. The molecular formula is C39H49N3O7. The van der Waals surface area contributed by atoms with Gasteiger partial charge in [0.05, 0.1) is 28.4 Å². The third-order valence-corrected chi connectivity index (χ3v) is 10.7. The summed E-state index contributed by atoms with van der Waals surface area (Å²) in [5, 5.41) is 2.78. The number of carbonyl (C=O) groups excluding carboxylic acids is 2. The van der Waals surface area contributed by atoms with Crippen molar-refractivity contribution in [2.24, 2.45) is 11.8 Å². The molecule has 1 N–H and O–H groups in total. The van der Waals surface area contributed by atoms with Crippen LogP contribution in [0.2, 0.25) is 0 Å². The summed E-state index contributed by atoms with van der Waals surface area (Å²) in [7, 11) is 6.69. The van der Waals surface area contributed by atoms with E-state index in [0.717, 1.165) is 55.0 Å². The van der Waals surface area contributed by atoms with Gasteiger partial charge < -0.3 is 33.9 Å². The Morgan fingerprint density at radius 1 is 0.816 bits per heavy atom. The second-order valence-electron chi connectivity index (χ2n) is 13.4. The number of nitrogens with zero attached hydrogens (tertiary/aromatic N) is 2. The summed E-state index contributed by atoms with van der Waals surface area (Å²) in [6, 6.07) is 16.0. The predicted molar refractivity (Wildman–Crippen MR) is 188 cm³/mol. The van der Waals surface area contributed by atoms with Crippen LogP contribution in [0.25, 0.3) is 0 Å². The fourth-order valence-electron chi connectivity index (χ4n) is 8.22. The highest BCUT2D eigenvalue weighted by Crippen LogP contribution is 2.48. The number of hydrogen-bond acceptors (Lipinski definition) is 8. The van der Waals surface area contributed by atoms with Crippen LogP contribution in [0.1, 0.15) is 60.5 Å². The second kappa shape index (κ2) is 15.0. The number of rotatable bonds is 9. The first kappa shape index (κ1) is 34.4. The van der Waals surface area contributed by atoms with Crippen molar-refractivity contribution in [3.8, 4) is 23.0 Å². The van der Waals surface area contributed by atoms with E-state index in [1.807, 2.05) is 29.2 Å². The average Bonchev–Trinajstić information content (AvgIpc) is 3.31. The minimum Gasteiger partial charge on any atom is -0.493 e. The van der Waals surface area contributed by atoms with Crippen LogP contribution >= 0.6 is 0 Å². The van der Waals surface area contributed by atoms with E-state index in [2.05, 4.69) is 41.4 Å². The molecule has 3 aromatic rings. The van der Waals surface area contributed by atoms with Gasteiger partial charge in [-0.2, -0.15) is 0 Å². The molecule has 4 unspecified atom stereocenters. The zero-order chi connectivity index (χ0) is 34.7. The summed E-state index contributed by atoms with van der Waals surface area (Å²) in [5.74, 6) is 3.40. The maximum absolute atomic E-state index is 14.2. The number of benzene rings is 3. The van der Waals surface area contributed by atoms with Gasteiger partial charge in [-0.15, -0.1) is 0 Å². The first-order chi connectivity index (χ1) is 23.8. The molecule has 1 saturated heterocycles. The van der Waals surface area contributed by atoms with Gasteiger partial charge in [-0.1, -0.05) is 25.5 Å². The van der Waals surface area contributed by atoms with Gasteiger partial charge in [-0.25, -0.2) is 4.79 Å². The third kappa shape index (κ3) is 7.15. The molecule has 10 nitrogen and oxygen atoms in total. The van der Waals surface area contributed by atoms with Crippen LogP contribution in [0.4, 0.5) is 10.5 Å².